The Morgan fingerprint density at radius 2 is 1.92 bits per heavy atom. The van der Waals surface area contributed by atoms with Crippen LogP contribution < -0.4 is 21.1 Å². The Balaban J connectivity index is 0.000000392. The van der Waals surface area contributed by atoms with E-state index in [0.717, 1.165) is 54.2 Å². The minimum Gasteiger partial charge on any atom is -0.475 e. The van der Waals surface area contributed by atoms with Gasteiger partial charge in [0.25, 0.3) is 5.56 Å². The third-order valence-electron chi connectivity index (χ3n) is 6.77. The summed E-state index contributed by atoms with van der Waals surface area (Å²) in [6, 6.07) is 6.78. The number of alkyl halides is 3. The molecule has 0 bridgehead atoms. The Hall–Kier alpha value is -3.23. The largest absolute Gasteiger partial charge is 0.490 e. The molecule has 39 heavy (non-hydrogen) atoms. The number of fused-ring (bicyclic) bond motifs is 1. The molecule has 4 N–H and O–H groups in total. The van der Waals surface area contributed by atoms with Gasteiger partial charge < -0.3 is 25.4 Å². The van der Waals surface area contributed by atoms with Crippen molar-refractivity contribution in [3.05, 3.63) is 34.1 Å². The first-order valence-corrected chi connectivity index (χ1v) is 13.7. The second kappa shape index (κ2) is 11.5. The van der Waals surface area contributed by atoms with Gasteiger partial charge in [0.05, 0.1) is 23.4 Å². The number of hydrogen-bond donors (Lipinski definition) is 4. The molecular formula is C25H29F3N6O4S. The maximum atomic E-state index is 13.4. The molecule has 14 heteroatoms. The molecule has 0 unspecified atom stereocenters. The Morgan fingerprint density at radius 3 is 2.56 bits per heavy atom. The number of benzene rings is 1. The van der Waals surface area contributed by atoms with Crippen LogP contribution in [0.5, 0.6) is 0 Å². The molecule has 2 aliphatic heterocycles. The number of halogens is 3. The Morgan fingerprint density at radius 1 is 1.18 bits per heavy atom. The molecule has 0 radical (unpaired) electrons. The average Bonchev–Trinajstić information content (AvgIpc) is 3.68. The first kappa shape index (κ1) is 27.3. The number of aromatic amines is 1. The number of H-pyrrole nitrogens is 1. The molecule has 1 atom stereocenters. The lowest BCUT2D eigenvalue weighted by atomic mass is 10.1. The highest BCUT2D eigenvalue weighted by atomic mass is 32.1. The number of carboxylic acids is 1. The zero-order valence-electron chi connectivity index (χ0n) is 21.0. The summed E-state index contributed by atoms with van der Waals surface area (Å²) in [5.41, 5.74) is 2.73. The van der Waals surface area contributed by atoms with Crippen LogP contribution in [0.4, 0.5) is 24.9 Å². The molecule has 3 aromatic rings. The summed E-state index contributed by atoms with van der Waals surface area (Å²) < 4.78 is 38.3. The molecule has 10 nitrogen and oxygen atoms in total. The van der Waals surface area contributed by atoms with E-state index in [4.69, 9.17) is 24.6 Å². The predicted octanol–water partition coefficient (Wildman–Crippen LogP) is 3.56. The van der Waals surface area contributed by atoms with Crippen LogP contribution in [0, 0.1) is 0 Å². The zero-order chi connectivity index (χ0) is 27.6. The van der Waals surface area contributed by atoms with Gasteiger partial charge in [0.1, 0.15) is 16.4 Å². The number of morpholine rings is 1. The standard InChI is InChI=1S/C23H28N6O2S.C2HF3O2/c30-21-19(22-26-17-12-15(14-3-4-14)5-6-18(17)32-22)20(25-16-2-1-7-24-13-16)27-23(28-21)29-8-10-31-11-9-29;3-2(4,5)1(6)7/h5-6,12,14,16,24H,1-4,7-11,13H2,(H2,25,27,28,30);(H,6,7)/t16-;/m1./s1. The molecule has 1 saturated carbocycles. The molecule has 0 amide bonds. The molecule has 1 aromatic carbocycles. The van der Waals surface area contributed by atoms with Crippen LogP contribution in [0.3, 0.4) is 0 Å². The van der Waals surface area contributed by atoms with E-state index in [1.54, 1.807) is 11.3 Å². The zero-order valence-corrected chi connectivity index (χ0v) is 21.8. The molecule has 3 aliphatic rings. The summed E-state index contributed by atoms with van der Waals surface area (Å²) in [7, 11) is 0. The number of rotatable bonds is 5. The van der Waals surface area contributed by atoms with Crippen LogP contribution >= 0.6 is 11.3 Å². The van der Waals surface area contributed by atoms with Crippen molar-refractivity contribution in [2.75, 3.05) is 49.6 Å². The molecule has 3 fully saturated rings. The van der Waals surface area contributed by atoms with E-state index in [-0.39, 0.29) is 11.6 Å². The monoisotopic (exact) mass is 566 g/mol. The van der Waals surface area contributed by atoms with Gasteiger partial charge in [0.2, 0.25) is 5.95 Å². The fraction of sp³-hybridized carbons (Fsp3) is 0.520. The van der Waals surface area contributed by atoms with E-state index in [2.05, 4.69) is 38.7 Å². The van der Waals surface area contributed by atoms with Crippen molar-refractivity contribution in [2.24, 2.45) is 0 Å². The maximum Gasteiger partial charge on any atom is 0.490 e. The van der Waals surface area contributed by atoms with Crippen molar-refractivity contribution in [3.8, 4) is 10.6 Å². The smallest absolute Gasteiger partial charge is 0.475 e. The Labute approximate surface area is 225 Å². The summed E-state index contributed by atoms with van der Waals surface area (Å²) in [5, 5.41) is 14.9. The third-order valence-corrected chi connectivity index (χ3v) is 7.83. The van der Waals surface area contributed by atoms with Gasteiger partial charge in [0, 0.05) is 25.7 Å². The number of nitrogens with one attached hydrogen (secondary N) is 3. The van der Waals surface area contributed by atoms with Gasteiger partial charge in [-0.15, -0.1) is 11.3 Å². The molecule has 2 aromatic heterocycles. The highest BCUT2D eigenvalue weighted by Gasteiger charge is 2.38. The number of anilines is 2. The molecule has 6 rings (SSSR count). The highest BCUT2D eigenvalue weighted by molar-refractivity contribution is 7.21. The lowest BCUT2D eigenvalue weighted by Gasteiger charge is -2.29. The van der Waals surface area contributed by atoms with Gasteiger partial charge >= 0.3 is 12.1 Å². The topological polar surface area (TPSA) is 132 Å². The van der Waals surface area contributed by atoms with Crippen molar-refractivity contribution in [3.63, 3.8) is 0 Å². The number of hydrogen-bond acceptors (Lipinski definition) is 9. The molecule has 4 heterocycles. The Bertz CT molecular complexity index is 1380. The Kier molecular flexibility index (Phi) is 8.05. The lowest BCUT2D eigenvalue weighted by Crippen LogP contribution is -2.40. The van der Waals surface area contributed by atoms with E-state index in [1.165, 1.54) is 18.4 Å². The second-order valence-electron chi connectivity index (χ2n) is 9.72. The average molecular weight is 567 g/mol. The summed E-state index contributed by atoms with van der Waals surface area (Å²) in [6.07, 6.45) is -0.396. The van der Waals surface area contributed by atoms with Crippen molar-refractivity contribution < 1.29 is 27.8 Å². The number of aromatic nitrogens is 3. The van der Waals surface area contributed by atoms with E-state index in [0.29, 0.717) is 36.5 Å². The van der Waals surface area contributed by atoms with E-state index in [1.807, 2.05) is 0 Å². The molecule has 0 spiro atoms. The summed E-state index contributed by atoms with van der Waals surface area (Å²) >= 11 is 1.56. The van der Waals surface area contributed by atoms with Gasteiger partial charge in [0.15, 0.2) is 0 Å². The predicted molar refractivity (Wildman–Crippen MR) is 142 cm³/mol. The number of nitrogens with zero attached hydrogens (tertiary/aromatic N) is 3. The van der Waals surface area contributed by atoms with Crippen molar-refractivity contribution >= 4 is 39.3 Å². The molecule has 210 valence electrons. The minimum atomic E-state index is -5.08. The number of carbonyl (C=O) groups is 1. The number of thiazole rings is 1. The molecular weight excluding hydrogens is 537 g/mol. The fourth-order valence-corrected chi connectivity index (χ4v) is 5.57. The van der Waals surface area contributed by atoms with Crippen LogP contribution in [0.2, 0.25) is 0 Å². The number of carboxylic acid groups (broad SMARTS) is 1. The van der Waals surface area contributed by atoms with E-state index in [9.17, 15) is 18.0 Å². The third kappa shape index (κ3) is 6.68. The van der Waals surface area contributed by atoms with Crippen molar-refractivity contribution in [2.45, 2.75) is 43.8 Å². The first-order chi connectivity index (χ1) is 18.7. The first-order valence-electron chi connectivity index (χ1n) is 12.8. The quantitative estimate of drug-likeness (QED) is 0.366. The number of ether oxygens (including phenoxy) is 1. The fourth-order valence-electron chi connectivity index (χ4n) is 4.58. The SMILES string of the molecule is O=C(O)C(F)(F)F.O=c1[nH]c(N2CCOCC2)nc(N[C@@H]2CCCNC2)c1-c1nc2cc(C3CC3)ccc2s1. The lowest BCUT2D eigenvalue weighted by molar-refractivity contribution is -0.192. The van der Waals surface area contributed by atoms with Gasteiger partial charge in [-0.1, -0.05) is 6.07 Å². The summed E-state index contributed by atoms with van der Waals surface area (Å²) in [5.74, 6) is -0.846. The molecule has 1 aliphatic carbocycles. The van der Waals surface area contributed by atoms with Gasteiger partial charge in [-0.05, 0) is 55.8 Å². The second-order valence-corrected chi connectivity index (χ2v) is 10.8. The number of aliphatic carboxylic acids is 1. The van der Waals surface area contributed by atoms with Crippen LogP contribution in [0.1, 0.15) is 37.2 Å². The highest BCUT2D eigenvalue weighted by Crippen LogP contribution is 2.42. The molecule has 2 saturated heterocycles. The van der Waals surface area contributed by atoms with Crippen LogP contribution in [0.25, 0.3) is 20.8 Å². The van der Waals surface area contributed by atoms with Crippen LogP contribution in [0.15, 0.2) is 23.0 Å². The normalized spacial score (nSPS) is 19.9. The summed E-state index contributed by atoms with van der Waals surface area (Å²) in [6.45, 7) is 4.62. The summed E-state index contributed by atoms with van der Waals surface area (Å²) in [4.78, 5) is 37.1. The van der Waals surface area contributed by atoms with Gasteiger partial charge in [-0.25, -0.2) is 9.78 Å². The minimum absolute atomic E-state index is 0.144. The van der Waals surface area contributed by atoms with Crippen LogP contribution in [-0.4, -0.2) is 77.6 Å². The number of piperidine rings is 1. The van der Waals surface area contributed by atoms with Crippen molar-refractivity contribution in [1.29, 1.82) is 0 Å². The maximum absolute atomic E-state index is 13.4. The van der Waals surface area contributed by atoms with E-state index >= 15 is 0 Å². The van der Waals surface area contributed by atoms with Gasteiger partial charge in [-0.3, -0.25) is 9.78 Å². The van der Waals surface area contributed by atoms with Crippen LogP contribution in [-0.2, 0) is 9.53 Å². The van der Waals surface area contributed by atoms with Gasteiger partial charge in [-0.2, -0.15) is 18.2 Å². The van der Waals surface area contributed by atoms with Crippen molar-refractivity contribution in [1.82, 2.24) is 20.3 Å². The van der Waals surface area contributed by atoms with E-state index < -0.39 is 12.1 Å².